The lowest BCUT2D eigenvalue weighted by atomic mass is 10.2. The highest BCUT2D eigenvalue weighted by atomic mass is 16.5. The van der Waals surface area contributed by atoms with Gasteiger partial charge in [-0.1, -0.05) is 30.3 Å². The molecule has 1 aliphatic heterocycles. The van der Waals surface area contributed by atoms with Crippen molar-refractivity contribution in [3.05, 3.63) is 47.2 Å². The Balaban J connectivity index is 2.06. The summed E-state index contributed by atoms with van der Waals surface area (Å²) in [5.41, 5.74) is 1.33. The molecule has 0 radical (unpaired) electrons. The molecule has 16 heavy (non-hydrogen) atoms. The summed E-state index contributed by atoms with van der Waals surface area (Å²) in [4.78, 5) is 11.3. The van der Waals surface area contributed by atoms with Crippen LogP contribution in [0, 0.1) is 11.3 Å². The first kappa shape index (κ1) is 10.2. The monoisotopic (exact) mass is 214 g/mol. The lowest BCUT2D eigenvalue weighted by Gasteiger charge is -2.05. The van der Waals surface area contributed by atoms with Crippen molar-refractivity contribution < 1.29 is 9.53 Å². The van der Waals surface area contributed by atoms with E-state index in [1.165, 1.54) is 0 Å². The molecule has 0 spiro atoms. The number of benzene rings is 1. The molecule has 0 aliphatic carbocycles. The molecule has 0 fully saturated rings. The number of rotatable bonds is 3. The molecule has 4 heteroatoms. The first-order valence-electron chi connectivity index (χ1n) is 4.89. The van der Waals surface area contributed by atoms with Crippen LogP contribution in [-0.2, 0) is 16.1 Å². The second-order valence-corrected chi connectivity index (χ2v) is 3.38. The molecule has 80 valence electrons. The number of amides is 1. The van der Waals surface area contributed by atoms with Gasteiger partial charge < -0.3 is 10.1 Å². The Bertz CT molecular complexity index is 472. The van der Waals surface area contributed by atoms with Gasteiger partial charge in [-0.3, -0.25) is 4.79 Å². The van der Waals surface area contributed by atoms with E-state index in [0.717, 1.165) is 5.56 Å². The van der Waals surface area contributed by atoms with Crippen LogP contribution in [0.5, 0.6) is 0 Å². The fourth-order valence-corrected chi connectivity index (χ4v) is 1.44. The lowest BCUT2D eigenvalue weighted by molar-refractivity contribution is -0.120. The molecule has 0 saturated carbocycles. The van der Waals surface area contributed by atoms with Crippen molar-refractivity contribution >= 4 is 5.91 Å². The van der Waals surface area contributed by atoms with Crippen molar-refractivity contribution in [3.8, 4) is 6.07 Å². The molecule has 0 bridgehead atoms. The molecule has 1 heterocycles. The maximum absolute atomic E-state index is 11.3. The predicted octanol–water partition coefficient (Wildman–Crippen LogP) is 1.11. The third-order valence-electron chi connectivity index (χ3n) is 2.27. The van der Waals surface area contributed by atoms with E-state index in [9.17, 15) is 4.79 Å². The van der Waals surface area contributed by atoms with Gasteiger partial charge in [-0.15, -0.1) is 0 Å². The van der Waals surface area contributed by atoms with Crippen molar-refractivity contribution in [2.45, 2.75) is 6.61 Å². The molecule has 0 aromatic heterocycles. The number of ether oxygens (including phenoxy) is 1. The highest BCUT2D eigenvalue weighted by Crippen LogP contribution is 2.14. The van der Waals surface area contributed by atoms with Crippen LogP contribution in [-0.4, -0.2) is 12.5 Å². The number of nitriles is 1. The summed E-state index contributed by atoms with van der Waals surface area (Å²) in [6, 6.07) is 11.5. The molecule has 2 rings (SSSR count). The van der Waals surface area contributed by atoms with Gasteiger partial charge >= 0.3 is 0 Å². The number of carbonyl (C=O) groups is 1. The molecule has 0 unspecified atom stereocenters. The van der Waals surface area contributed by atoms with Gasteiger partial charge in [-0.2, -0.15) is 5.26 Å². The van der Waals surface area contributed by atoms with E-state index in [2.05, 4.69) is 5.32 Å². The lowest BCUT2D eigenvalue weighted by Crippen LogP contribution is -2.18. The average Bonchev–Trinajstić information content (AvgIpc) is 2.69. The highest BCUT2D eigenvalue weighted by Gasteiger charge is 2.24. The molecular formula is C12H10N2O2. The zero-order valence-corrected chi connectivity index (χ0v) is 8.56. The summed E-state index contributed by atoms with van der Waals surface area (Å²) < 4.78 is 5.35. The predicted molar refractivity (Wildman–Crippen MR) is 56.9 cm³/mol. The number of nitrogens with zero attached hydrogens (tertiary/aromatic N) is 1. The zero-order chi connectivity index (χ0) is 11.4. The van der Waals surface area contributed by atoms with Crippen LogP contribution < -0.4 is 5.32 Å². The minimum Gasteiger partial charge on any atom is -0.482 e. The minimum atomic E-state index is -0.313. The van der Waals surface area contributed by atoms with Gasteiger partial charge in [0.2, 0.25) is 0 Å². The van der Waals surface area contributed by atoms with Gasteiger partial charge in [0.1, 0.15) is 12.7 Å². The molecule has 1 aromatic carbocycles. The topological polar surface area (TPSA) is 62.1 Å². The van der Waals surface area contributed by atoms with E-state index in [-0.39, 0.29) is 18.2 Å². The number of carbonyl (C=O) groups excluding carboxylic acids is 1. The van der Waals surface area contributed by atoms with Gasteiger partial charge in [-0.25, -0.2) is 0 Å². The Morgan fingerprint density at radius 2 is 2.12 bits per heavy atom. The van der Waals surface area contributed by atoms with Gasteiger partial charge in [-0.05, 0) is 5.56 Å². The minimum absolute atomic E-state index is 0.145. The van der Waals surface area contributed by atoms with Crippen LogP contribution >= 0.6 is 0 Å². The van der Waals surface area contributed by atoms with Crippen LogP contribution in [0.15, 0.2) is 41.7 Å². The van der Waals surface area contributed by atoms with Crippen LogP contribution in [0.4, 0.5) is 0 Å². The van der Waals surface area contributed by atoms with Gasteiger partial charge in [0.15, 0.2) is 5.76 Å². The third kappa shape index (κ3) is 2.04. The van der Waals surface area contributed by atoms with Gasteiger partial charge in [0.25, 0.3) is 5.91 Å². The highest BCUT2D eigenvalue weighted by molar-refractivity contribution is 5.95. The molecule has 1 N–H and O–H groups in total. The average molecular weight is 214 g/mol. The first-order chi connectivity index (χ1) is 7.81. The van der Waals surface area contributed by atoms with E-state index in [4.69, 9.17) is 10.00 Å². The SMILES string of the molecule is N#CC1=C(OCc2ccccc2)C(=O)NC1. The molecule has 1 amide bonds. The van der Waals surface area contributed by atoms with E-state index < -0.39 is 0 Å². The quantitative estimate of drug-likeness (QED) is 0.819. The Morgan fingerprint density at radius 1 is 1.38 bits per heavy atom. The largest absolute Gasteiger partial charge is 0.482 e. The smallest absolute Gasteiger partial charge is 0.287 e. The summed E-state index contributed by atoms with van der Waals surface area (Å²) in [7, 11) is 0. The maximum Gasteiger partial charge on any atom is 0.287 e. The van der Waals surface area contributed by atoms with Crippen LogP contribution in [0.3, 0.4) is 0 Å². The number of nitrogens with one attached hydrogen (secondary N) is 1. The second kappa shape index (κ2) is 4.49. The van der Waals surface area contributed by atoms with E-state index in [1.54, 1.807) is 0 Å². The molecule has 1 aromatic rings. The number of hydrogen-bond acceptors (Lipinski definition) is 3. The third-order valence-corrected chi connectivity index (χ3v) is 2.27. The van der Waals surface area contributed by atoms with Crippen LogP contribution in [0.2, 0.25) is 0 Å². The molecule has 1 aliphatic rings. The fraction of sp³-hybridized carbons (Fsp3) is 0.167. The molecule has 4 nitrogen and oxygen atoms in total. The number of hydrogen-bond donors (Lipinski definition) is 1. The Morgan fingerprint density at radius 3 is 2.81 bits per heavy atom. The van der Waals surface area contributed by atoms with Crippen molar-refractivity contribution in [2.24, 2.45) is 0 Å². The molecule has 0 saturated heterocycles. The standard InChI is InChI=1S/C12H10N2O2/c13-6-10-7-14-12(15)11(10)16-8-9-4-2-1-3-5-9/h1-5H,7-8H2,(H,14,15). The summed E-state index contributed by atoms with van der Waals surface area (Å²) in [5, 5.41) is 11.3. The van der Waals surface area contributed by atoms with Crippen molar-refractivity contribution in [1.82, 2.24) is 5.32 Å². The normalized spacial score (nSPS) is 14.6. The van der Waals surface area contributed by atoms with Crippen LogP contribution in [0.25, 0.3) is 0 Å². The second-order valence-electron chi connectivity index (χ2n) is 3.38. The fourth-order valence-electron chi connectivity index (χ4n) is 1.44. The van der Waals surface area contributed by atoms with E-state index in [0.29, 0.717) is 12.2 Å². The summed E-state index contributed by atoms with van der Waals surface area (Å²) in [5.74, 6) is -0.168. The van der Waals surface area contributed by atoms with Gasteiger partial charge in [0, 0.05) is 0 Å². The van der Waals surface area contributed by atoms with E-state index in [1.807, 2.05) is 36.4 Å². The first-order valence-corrected chi connectivity index (χ1v) is 4.89. The summed E-state index contributed by atoms with van der Waals surface area (Å²) >= 11 is 0. The summed E-state index contributed by atoms with van der Waals surface area (Å²) in [6.07, 6.45) is 0. The van der Waals surface area contributed by atoms with Crippen molar-refractivity contribution in [3.63, 3.8) is 0 Å². The Labute approximate surface area is 93.1 Å². The van der Waals surface area contributed by atoms with E-state index >= 15 is 0 Å². The maximum atomic E-state index is 11.3. The van der Waals surface area contributed by atoms with Crippen molar-refractivity contribution in [1.29, 1.82) is 5.26 Å². The summed E-state index contributed by atoms with van der Waals surface area (Å²) in [6.45, 7) is 0.564. The molecular weight excluding hydrogens is 204 g/mol. The zero-order valence-electron chi connectivity index (χ0n) is 8.56. The Kier molecular flexibility index (Phi) is 2.88. The van der Waals surface area contributed by atoms with Crippen LogP contribution in [0.1, 0.15) is 5.56 Å². The molecule has 0 atom stereocenters. The van der Waals surface area contributed by atoms with Crippen molar-refractivity contribution in [2.75, 3.05) is 6.54 Å². The Hall–Kier alpha value is -2.28. The van der Waals surface area contributed by atoms with Gasteiger partial charge in [0.05, 0.1) is 12.1 Å².